The van der Waals surface area contributed by atoms with Gasteiger partial charge in [0.15, 0.2) is 0 Å². The maximum Gasteiger partial charge on any atom is 0.253 e. The Morgan fingerprint density at radius 1 is 1.24 bits per heavy atom. The molecule has 7 heteroatoms. The minimum Gasteiger partial charge on any atom is -0.326 e. The van der Waals surface area contributed by atoms with Gasteiger partial charge in [-0.3, -0.25) is 4.79 Å². The molecule has 0 bridgehead atoms. The summed E-state index contributed by atoms with van der Waals surface area (Å²) in [6.07, 6.45) is 3.99. The van der Waals surface area contributed by atoms with Crippen molar-refractivity contribution >= 4 is 29.1 Å². The Hall–Kier alpha value is -2.41. The minimum absolute atomic E-state index is 0.0136. The smallest absolute Gasteiger partial charge is 0.253 e. The van der Waals surface area contributed by atoms with Gasteiger partial charge in [-0.2, -0.15) is 14.6 Å². The number of carbonyl (C=O) groups is 1. The molecule has 0 atom stereocenters. The van der Waals surface area contributed by atoms with Gasteiger partial charge in [0.1, 0.15) is 11.4 Å². The maximum atomic E-state index is 11.5. The van der Waals surface area contributed by atoms with Crippen molar-refractivity contribution < 1.29 is 4.79 Å². The topological polar surface area (TPSA) is 72.2 Å². The number of aromatic nitrogens is 4. The summed E-state index contributed by atoms with van der Waals surface area (Å²) in [5, 5.41) is 8.24. The predicted molar refractivity (Wildman–Crippen MR) is 99.0 cm³/mol. The van der Waals surface area contributed by atoms with Gasteiger partial charge >= 0.3 is 0 Å². The first kappa shape index (κ1) is 17.4. The highest BCUT2D eigenvalue weighted by Gasteiger charge is 2.15. The minimum atomic E-state index is 0.0136. The summed E-state index contributed by atoms with van der Waals surface area (Å²) in [4.78, 5) is 21.3. The highest BCUT2D eigenvalue weighted by Crippen LogP contribution is 2.32. The lowest BCUT2D eigenvalue weighted by Gasteiger charge is -2.13. The van der Waals surface area contributed by atoms with Gasteiger partial charge in [0.25, 0.3) is 5.78 Å². The van der Waals surface area contributed by atoms with Gasteiger partial charge in [-0.25, -0.2) is 4.98 Å². The third-order valence-corrected chi connectivity index (χ3v) is 4.98. The molecule has 3 aromatic rings. The number of nitrogens with one attached hydrogen (secondary N) is 1. The van der Waals surface area contributed by atoms with Gasteiger partial charge in [0.05, 0.1) is 0 Å². The van der Waals surface area contributed by atoms with E-state index in [1.165, 1.54) is 11.9 Å². The number of hydrogen-bond acceptors (Lipinski definition) is 5. The number of amides is 1. The summed E-state index contributed by atoms with van der Waals surface area (Å²) in [6.45, 7) is 6.02. The van der Waals surface area contributed by atoms with Gasteiger partial charge in [-0.05, 0) is 37.6 Å². The number of hydrogen-bond donors (Lipinski definition) is 1. The lowest BCUT2D eigenvalue weighted by Crippen LogP contribution is -2.09. The molecule has 0 aliphatic heterocycles. The molecule has 0 aliphatic carbocycles. The Balaban J connectivity index is 1.93. The first-order valence-electron chi connectivity index (χ1n) is 8.39. The third kappa shape index (κ3) is 3.82. The van der Waals surface area contributed by atoms with Gasteiger partial charge in [0.2, 0.25) is 5.91 Å². The first-order valence-corrected chi connectivity index (χ1v) is 9.21. The molecule has 25 heavy (non-hydrogen) atoms. The molecule has 2 heterocycles. The molecule has 1 aromatic carbocycles. The second-order valence-electron chi connectivity index (χ2n) is 5.73. The van der Waals surface area contributed by atoms with E-state index in [1.807, 2.05) is 38.1 Å². The molecule has 0 fully saturated rings. The van der Waals surface area contributed by atoms with E-state index >= 15 is 0 Å². The van der Waals surface area contributed by atoms with Crippen LogP contribution in [0.4, 0.5) is 5.69 Å². The molecule has 130 valence electrons. The van der Waals surface area contributed by atoms with Crippen molar-refractivity contribution in [1.82, 2.24) is 19.6 Å². The second kappa shape index (κ2) is 7.65. The molecule has 0 saturated heterocycles. The molecule has 6 nitrogen and oxygen atoms in total. The summed E-state index contributed by atoms with van der Waals surface area (Å²) in [5.41, 5.74) is 3.01. The molecular weight excluding hydrogens is 334 g/mol. The van der Waals surface area contributed by atoms with Crippen LogP contribution in [0, 0.1) is 6.92 Å². The summed E-state index contributed by atoms with van der Waals surface area (Å²) < 4.78 is 1.80. The molecule has 3 rings (SSSR count). The molecule has 0 saturated carbocycles. The number of fused-ring (bicyclic) bond motifs is 1. The summed E-state index contributed by atoms with van der Waals surface area (Å²) >= 11 is 1.64. The monoisotopic (exact) mass is 355 g/mol. The Bertz CT molecular complexity index is 888. The Labute approximate surface area is 151 Å². The van der Waals surface area contributed by atoms with Crippen molar-refractivity contribution in [2.45, 2.75) is 50.0 Å². The molecule has 1 N–H and O–H groups in total. The Morgan fingerprint density at radius 3 is 2.68 bits per heavy atom. The Morgan fingerprint density at radius 2 is 2.00 bits per heavy atom. The lowest BCUT2D eigenvalue weighted by atomic mass is 10.1. The van der Waals surface area contributed by atoms with Crippen LogP contribution in [-0.4, -0.2) is 25.5 Å². The van der Waals surface area contributed by atoms with Crippen molar-refractivity contribution in [1.29, 1.82) is 0 Å². The number of nitrogens with zero attached hydrogens (tertiary/aromatic N) is 4. The van der Waals surface area contributed by atoms with E-state index in [4.69, 9.17) is 0 Å². The quantitative estimate of drug-likeness (QED) is 0.679. The van der Waals surface area contributed by atoms with Crippen molar-refractivity contribution in [3.63, 3.8) is 0 Å². The van der Waals surface area contributed by atoms with E-state index < -0.39 is 0 Å². The van der Waals surface area contributed by atoms with Crippen molar-refractivity contribution in [3.05, 3.63) is 41.9 Å². The van der Waals surface area contributed by atoms with Crippen LogP contribution >= 0.6 is 11.8 Å². The van der Waals surface area contributed by atoms with Crippen molar-refractivity contribution in [2.24, 2.45) is 0 Å². The zero-order chi connectivity index (χ0) is 17.8. The summed E-state index contributed by atoms with van der Waals surface area (Å²) in [6, 6.07) is 7.85. The van der Waals surface area contributed by atoms with Crippen LogP contribution in [0.15, 0.2) is 40.5 Å². The molecule has 1 amide bonds. The number of carbonyl (C=O) groups excluding carboxylic acids is 1. The number of anilines is 1. The van der Waals surface area contributed by atoms with E-state index in [0.29, 0.717) is 12.2 Å². The first-order chi connectivity index (χ1) is 12.1. The average Bonchev–Trinajstić information content (AvgIpc) is 3.07. The van der Waals surface area contributed by atoms with E-state index in [2.05, 4.69) is 27.3 Å². The number of rotatable bonds is 6. The highest BCUT2D eigenvalue weighted by molar-refractivity contribution is 7.99. The van der Waals surface area contributed by atoms with Gasteiger partial charge in [-0.15, -0.1) is 0 Å². The van der Waals surface area contributed by atoms with Crippen molar-refractivity contribution in [2.75, 3.05) is 5.32 Å². The molecule has 0 aliphatic rings. The average molecular weight is 355 g/mol. The van der Waals surface area contributed by atoms with Crippen LogP contribution in [0.1, 0.15) is 37.9 Å². The van der Waals surface area contributed by atoms with Crippen LogP contribution in [0.5, 0.6) is 0 Å². The van der Waals surface area contributed by atoms with E-state index in [-0.39, 0.29) is 5.91 Å². The van der Waals surface area contributed by atoms with E-state index in [1.54, 1.807) is 16.3 Å². The normalized spacial score (nSPS) is 11.0. The van der Waals surface area contributed by atoms with Gasteiger partial charge < -0.3 is 5.32 Å². The third-order valence-electron chi connectivity index (χ3n) is 3.86. The standard InChI is InChI=1S/C18H21N5OS/c1-4-6-15-12(3)21-18-19-11-20-23(18)17(15)25-14-9-7-13(8-10-14)22-16(24)5-2/h7-11H,4-6H2,1-3H3,(H,22,24). The fourth-order valence-electron chi connectivity index (χ4n) is 2.56. The molecule has 0 spiro atoms. The van der Waals surface area contributed by atoms with Gasteiger partial charge in [0, 0.05) is 28.3 Å². The number of benzene rings is 1. The highest BCUT2D eigenvalue weighted by atomic mass is 32.2. The van der Waals surface area contributed by atoms with Gasteiger partial charge in [-0.1, -0.05) is 32.0 Å². The number of aryl methyl sites for hydroxylation is 1. The molecule has 2 aromatic heterocycles. The molecular formula is C18H21N5OS. The zero-order valence-corrected chi connectivity index (χ0v) is 15.4. The van der Waals surface area contributed by atoms with E-state index in [0.717, 1.165) is 34.1 Å². The SMILES string of the molecule is CCCc1c(C)nc2ncnn2c1Sc1ccc(NC(=O)CC)cc1. The van der Waals surface area contributed by atoms with Crippen LogP contribution in [0.25, 0.3) is 5.78 Å². The summed E-state index contributed by atoms with van der Waals surface area (Å²) in [7, 11) is 0. The largest absolute Gasteiger partial charge is 0.326 e. The fourth-order valence-corrected chi connectivity index (χ4v) is 3.65. The molecule has 0 radical (unpaired) electrons. The fraction of sp³-hybridized carbons (Fsp3) is 0.333. The van der Waals surface area contributed by atoms with Crippen LogP contribution in [0.2, 0.25) is 0 Å². The van der Waals surface area contributed by atoms with Crippen LogP contribution in [0.3, 0.4) is 0 Å². The lowest BCUT2D eigenvalue weighted by molar-refractivity contribution is -0.115. The maximum absolute atomic E-state index is 11.5. The molecule has 0 unspecified atom stereocenters. The zero-order valence-electron chi connectivity index (χ0n) is 14.6. The second-order valence-corrected chi connectivity index (χ2v) is 6.79. The van der Waals surface area contributed by atoms with Crippen LogP contribution in [-0.2, 0) is 11.2 Å². The van der Waals surface area contributed by atoms with Crippen molar-refractivity contribution in [3.8, 4) is 0 Å². The Kier molecular flexibility index (Phi) is 5.33. The summed E-state index contributed by atoms with van der Waals surface area (Å²) in [5.74, 6) is 0.631. The van der Waals surface area contributed by atoms with Crippen LogP contribution < -0.4 is 5.32 Å². The van der Waals surface area contributed by atoms with E-state index in [9.17, 15) is 4.79 Å². The predicted octanol–water partition coefficient (Wildman–Crippen LogP) is 3.88.